The van der Waals surface area contributed by atoms with Gasteiger partial charge < -0.3 is 14.2 Å². The lowest BCUT2D eigenvalue weighted by atomic mass is 10.1. The number of fused-ring (bicyclic) bond motifs is 1. The molecule has 2 fully saturated rings. The molecule has 0 saturated carbocycles. The van der Waals surface area contributed by atoms with E-state index in [4.69, 9.17) is 9.26 Å². The van der Waals surface area contributed by atoms with Crippen molar-refractivity contribution in [2.45, 2.75) is 17.7 Å². The molecule has 2 atom stereocenters. The minimum absolute atomic E-state index is 0.154. The summed E-state index contributed by atoms with van der Waals surface area (Å²) in [5.41, 5.74) is 0.535. The monoisotopic (exact) mass is 348 g/mol. The van der Waals surface area contributed by atoms with Crippen molar-refractivity contribution >= 4 is 17.7 Å². The topological polar surface area (TPSA) is 55.6 Å². The second-order valence-corrected chi connectivity index (χ2v) is 7.24. The SMILES string of the molecule is O=C(c1cc(-c2ccccc2F)on1)N1CCS[C@H]2COCC[C@H]21. The summed E-state index contributed by atoms with van der Waals surface area (Å²) in [6.07, 6.45) is 0.835. The first-order chi connectivity index (χ1) is 11.7. The van der Waals surface area contributed by atoms with Crippen molar-refractivity contribution < 1.29 is 18.4 Å². The Kier molecular flexibility index (Phi) is 4.28. The molecule has 24 heavy (non-hydrogen) atoms. The van der Waals surface area contributed by atoms with Crippen LogP contribution in [0.1, 0.15) is 16.9 Å². The van der Waals surface area contributed by atoms with Gasteiger partial charge in [0.15, 0.2) is 11.5 Å². The van der Waals surface area contributed by atoms with Gasteiger partial charge in [-0.05, 0) is 18.6 Å². The Morgan fingerprint density at radius 1 is 1.38 bits per heavy atom. The van der Waals surface area contributed by atoms with Crippen LogP contribution in [0.15, 0.2) is 34.9 Å². The summed E-state index contributed by atoms with van der Waals surface area (Å²) in [5, 5.41) is 4.19. The van der Waals surface area contributed by atoms with Gasteiger partial charge >= 0.3 is 0 Å². The third kappa shape index (κ3) is 2.82. The molecule has 3 heterocycles. The van der Waals surface area contributed by atoms with Crippen LogP contribution < -0.4 is 0 Å². The van der Waals surface area contributed by atoms with Gasteiger partial charge in [0, 0.05) is 36.3 Å². The first-order valence-electron chi connectivity index (χ1n) is 7.96. The number of hydrogen-bond acceptors (Lipinski definition) is 5. The van der Waals surface area contributed by atoms with Gasteiger partial charge in [-0.2, -0.15) is 11.8 Å². The molecular formula is C17H17FN2O3S. The van der Waals surface area contributed by atoms with Gasteiger partial charge in [0.05, 0.1) is 12.2 Å². The number of ether oxygens (including phenoxy) is 1. The Morgan fingerprint density at radius 2 is 2.25 bits per heavy atom. The zero-order valence-electron chi connectivity index (χ0n) is 13.0. The molecule has 0 aliphatic carbocycles. The Hall–Kier alpha value is -1.86. The van der Waals surface area contributed by atoms with E-state index in [-0.39, 0.29) is 23.4 Å². The van der Waals surface area contributed by atoms with Crippen LogP contribution in [0.25, 0.3) is 11.3 Å². The lowest BCUT2D eigenvalue weighted by Gasteiger charge is -2.43. The minimum Gasteiger partial charge on any atom is -0.380 e. The molecular weight excluding hydrogens is 331 g/mol. The van der Waals surface area contributed by atoms with Crippen LogP contribution in [-0.2, 0) is 4.74 Å². The van der Waals surface area contributed by atoms with Gasteiger partial charge in [0.2, 0.25) is 0 Å². The van der Waals surface area contributed by atoms with Crippen LogP contribution in [0.4, 0.5) is 4.39 Å². The van der Waals surface area contributed by atoms with Gasteiger partial charge in [0.1, 0.15) is 5.82 Å². The Labute approximate surface area is 143 Å². The molecule has 1 amide bonds. The third-order valence-electron chi connectivity index (χ3n) is 4.46. The zero-order chi connectivity index (χ0) is 16.5. The van der Waals surface area contributed by atoms with Gasteiger partial charge in [-0.3, -0.25) is 4.79 Å². The predicted molar refractivity (Wildman–Crippen MR) is 88.4 cm³/mol. The highest BCUT2D eigenvalue weighted by atomic mass is 32.2. The highest BCUT2D eigenvalue weighted by Crippen LogP contribution is 2.31. The molecule has 2 aliphatic heterocycles. The van der Waals surface area contributed by atoms with E-state index in [9.17, 15) is 9.18 Å². The molecule has 0 unspecified atom stereocenters. The molecule has 2 aromatic rings. The standard InChI is InChI=1S/C17H17FN2O3S/c18-12-4-2-1-3-11(12)15-9-13(19-23-15)17(21)20-6-8-24-16-10-22-7-5-14(16)20/h1-4,9,14,16H,5-8,10H2/t14-,16+/m1/s1. The summed E-state index contributed by atoms with van der Waals surface area (Å²) < 4.78 is 24.6. The minimum atomic E-state index is -0.397. The number of nitrogens with zero attached hydrogens (tertiary/aromatic N) is 2. The predicted octanol–water partition coefficient (Wildman–Crippen LogP) is 2.83. The smallest absolute Gasteiger partial charge is 0.276 e. The molecule has 1 aromatic carbocycles. The van der Waals surface area contributed by atoms with Crippen LogP contribution in [0.2, 0.25) is 0 Å². The number of rotatable bonds is 2. The Balaban J connectivity index is 1.58. The third-order valence-corrected chi connectivity index (χ3v) is 5.76. The van der Waals surface area contributed by atoms with Gasteiger partial charge in [-0.25, -0.2) is 4.39 Å². The number of benzene rings is 1. The van der Waals surface area contributed by atoms with Crippen LogP contribution in [0, 0.1) is 5.82 Å². The van der Waals surface area contributed by atoms with Crippen LogP contribution >= 0.6 is 11.8 Å². The van der Waals surface area contributed by atoms with Crippen molar-refractivity contribution in [1.82, 2.24) is 10.1 Å². The number of thioether (sulfide) groups is 1. The van der Waals surface area contributed by atoms with Crippen molar-refractivity contribution in [1.29, 1.82) is 0 Å². The Morgan fingerprint density at radius 3 is 3.12 bits per heavy atom. The van der Waals surface area contributed by atoms with Gasteiger partial charge in [-0.1, -0.05) is 17.3 Å². The summed E-state index contributed by atoms with van der Waals surface area (Å²) in [6, 6.07) is 7.98. The summed E-state index contributed by atoms with van der Waals surface area (Å²) in [5.74, 6) is 0.602. The fourth-order valence-corrected chi connectivity index (χ4v) is 4.55. The highest BCUT2D eigenvalue weighted by molar-refractivity contribution is 8.00. The zero-order valence-corrected chi connectivity index (χ0v) is 13.8. The van der Waals surface area contributed by atoms with E-state index in [2.05, 4.69) is 5.16 Å². The number of hydrogen-bond donors (Lipinski definition) is 0. The number of carbonyl (C=O) groups is 1. The van der Waals surface area contributed by atoms with E-state index in [1.807, 2.05) is 16.7 Å². The summed E-state index contributed by atoms with van der Waals surface area (Å²) in [6.45, 7) is 2.04. The first kappa shape index (κ1) is 15.7. The number of amides is 1. The molecule has 7 heteroatoms. The fraction of sp³-hybridized carbons (Fsp3) is 0.412. The Bertz CT molecular complexity index is 749. The molecule has 126 valence electrons. The van der Waals surface area contributed by atoms with E-state index in [0.29, 0.717) is 30.6 Å². The molecule has 0 radical (unpaired) electrons. The maximum Gasteiger partial charge on any atom is 0.276 e. The largest absolute Gasteiger partial charge is 0.380 e. The number of carbonyl (C=O) groups excluding carboxylic acids is 1. The molecule has 0 spiro atoms. The van der Waals surface area contributed by atoms with E-state index in [1.165, 1.54) is 12.1 Å². The van der Waals surface area contributed by atoms with Crippen molar-refractivity contribution in [2.75, 3.05) is 25.5 Å². The molecule has 1 aromatic heterocycles. The summed E-state index contributed by atoms with van der Waals surface area (Å²) in [7, 11) is 0. The lowest BCUT2D eigenvalue weighted by Crippen LogP contribution is -2.54. The molecule has 5 nitrogen and oxygen atoms in total. The summed E-state index contributed by atoms with van der Waals surface area (Å²) in [4.78, 5) is 14.7. The van der Waals surface area contributed by atoms with Gasteiger partial charge in [-0.15, -0.1) is 0 Å². The summed E-state index contributed by atoms with van der Waals surface area (Å²) >= 11 is 1.86. The molecule has 2 saturated heterocycles. The van der Waals surface area contributed by atoms with Crippen LogP contribution in [0.5, 0.6) is 0 Å². The quantitative estimate of drug-likeness (QED) is 0.835. The van der Waals surface area contributed by atoms with E-state index in [0.717, 1.165) is 12.2 Å². The van der Waals surface area contributed by atoms with Crippen molar-refractivity contribution in [3.8, 4) is 11.3 Å². The molecule has 0 N–H and O–H groups in total. The van der Waals surface area contributed by atoms with E-state index >= 15 is 0 Å². The fourth-order valence-electron chi connectivity index (χ4n) is 3.25. The van der Waals surface area contributed by atoms with E-state index in [1.54, 1.807) is 18.2 Å². The van der Waals surface area contributed by atoms with Crippen molar-refractivity contribution in [3.05, 3.63) is 41.8 Å². The molecule has 0 bridgehead atoms. The average molecular weight is 348 g/mol. The number of aromatic nitrogens is 1. The second kappa shape index (κ2) is 6.57. The van der Waals surface area contributed by atoms with E-state index < -0.39 is 5.82 Å². The number of halogens is 1. The maximum absolute atomic E-state index is 13.9. The average Bonchev–Trinajstić information content (AvgIpc) is 3.11. The molecule has 2 aliphatic rings. The first-order valence-corrected chi connectivity index (χ1v) is 9.01. The van der Waals surface area contributed by atoms with Crippen LogP contribution in [0.3, 0.4) is 0 Å². The normalized spacial score (nSPS) is 23.8. The molecule has 4 rings (SSSR count). The van der Waals surface area contributed by atoms with Crippen molar-refractivity contribution in [2.24, 2.45) is 0 Å². The second-order valence-electron chi connectivity index (χ2n) is 5.89. The maximum atomic E-state index is 13.9. The van der Waals surface area contributed by atoms with Crippen LogP contribution in [-0.4, -0.2) is 52.8 Å². The highest BCUT2D eigenvalue weighted by Gasteiger charge is 2.38. The van der Waals surface area contributed by atoms with Gasteiger partial charge in [0.25, 0.3) is 5.91 Å². The lowest BCUT2D eigenvalue weighted by molar-refractivity contribution is 0.0313. The van der Waals surface area contributed by atoms with Crippen molar-refractivity contribution in [3.63, 3.8) is 0 Å².